The van der Waals surface area contributed by atoms with E-state index in [4.69, 9.17) is 0 Å². The van der Waals surface area contributed by atoms with Crippen molar-refractivity contribution in [2.24, 2.45) is 0 Å². The second kappa shape index (κ2) is 6.18. The van der Waals surface area contributed by atoms with Gasteiger partial charge in [-0.15, -0.1) is 0 Å². The van der Waals surface area contributed by atoms with Crippen LogP contribution >= 0.6 is 11.8 Å². The Balaban J connectivity index is 2.46. The monoisotopic (exact) mass is 227 g/mol. The lowest BCUT2D eigenvalue weighted by Gasteiger charge is -2.15. The largest absolute Gasteiger partial charge is 0.331 e. The van der Waals surface area contributed by atoms with E-state index in [-0.39, 0.29) is 0 Å². The lowest BCUT2D eigenvalue weighted by molar-refractivity contribution is 0.528. The molecule has 0 amide bonds. The first kappa shape index (κ1) is 12.6. The van der Waals surface area contributed by atoms with E-state index in [1.807, 2.05) is 24.3 Å². The van der Waals surface area contributed by atoms with E-state index < -0.39 is 0 Å². The lowest BCUT2D eigenvalue weighted by atomic mass is 10.3. The van der Waals surface area contributed by atoms with Crippen LogP contribution in [0.15, 0.2) is 12.5 Å². The van der Waals surface area contributed by atoms with E-state index in [0.29, 0.717) is 12.1 Å². The highest BCUT2D eigenvalue weighted by atomic mass is 32.2. The van der Waals surface area contributed by atoms with Gasteiger partial charge in [-0.25, -0.2) is 4.98 Å². The zero-order chi connectivity index (χ0) is 11.3. The molecule has 1 unspecified atom stereocenters. The first-order chi connectivity index (χ1) is 7.15. The van der Waals surface area contributed by atoms with Crippen molar-refractivity contribution in [1.29, 1.82) is 0 Å². The Morgan fingerprint density at radius 3 is 2.80 bits per heavy atom. The molecule has 0 bridgehead atoms. The van der Waals surface area contributed by atoms with Crippen LogP contribution in [0, 0.1) is 0 Å². The number of thioether (sulfide) groups is 1. The molecule has 0 aliphatic carbocycles. The maximum Gasteiger partial charge on any atom is 0.0951 e. The minimum atomic E-state index is 0.486. The summed E-state index contributed by atoms with van der Waals surface area (Å²) in [5.74, 6) is 1.15. The summed E-state index contributed by atoms with van der Waals surface area (Å²) in [6, 6.07) is 1.04. The fourth-order valence-electron chi connectivity index (χ4n) is 1.52. The predicted molar refractivity (Wildman–Crippen MR) is 67.3 cm³/mol. The highest BCUT2D eigenvalue weighted by molar-refractivity contribution is 7.98. The topological polar surface area (TPSA) is 29.9 Å². The van der Waals surface area contributed by atoms with Crippen molar-refractivity contribution in [3.05, 3.63) is 18.2 Å². The van der Waals surface area contributed by atoms with Crippen molar-refractivity contribution >= 4 is 11.8 Å². The Labute approximate surface area is 96.7 Å². The molecule has 1 N–H and O–H groups in total. The number of nitrogens with one attached hydrogen (secondary N) is 1. The van der Waals surface area contributed by atoms with Crippen LogP contribution in [0.1, 0.15) is 32.5 Å². The number of hydrogen-bond acceptors (Lipinski definition) is 3. The number of rotatable bonds is 6. The SMILES string of the molecule is CSCC(C)NCc1cncn1C(C)C. The van der Waals surface area contributed by atoms with Crippen LogP contribution in [0.25, 0.3) is 0 Å². The molecule has 0 aliphatic heterocycles. The van der Waals surface area contributed by atoms with Gasteiger partial charge in [0.1, 0.15) is 0 Å². The minimum Gasteiger partial charge on any atom is -0.331 e. The van der Waals surface area contributed by atoms with Crippen LogP contribution in [0.3, 0.4) is 0 Å². The summed E-state index contributed by atoms with van der Waals surface area (Å²) < 4.78 is 2.21. The molecule has 4 heteroatoms. The highest BCUT2D eigenvalue weighted by Crippen LogP contribution is 2.08. The zero-order valence-electron chi connectivity index (χ0n) is 10.0. The Kier molecular flexibility index (Phi) is 5.19. The maximum atomic E-state index is 4.19. The molecule has 0 saturated heterocycles. The number of nitrogens with zero attached hydrogens (tertiary/aromatic N) is 2. The van der Waals surface area contributed by atoms with Gasteiger partial charge >= 0.3 is 0 Å². The molecule has 0 spiro atoms. The number of aromatic nitrogens is 2. The summed E-state index contributed by atoms with van der Waals surface area (Å²) in [5, 5.41) is 3.50. The molecule has 1 atom stereocenters. The van der Waals surface area contributed by atoms with E-state index in [1.54, 1.807) is 0 Å². The van der Waals surface area contributed by atoms with E-state index in [2.05, 4.69) is 41.9 Å². The molecule has 86 valence electrons. The Morgan fingerprint density at radius 2 is 2.20 bits per heavy atom. The third-order valence-electron chi connectivity index (χ3n) is 2.35. The first-order valence-corrected chi connectivity index (χ1v) is 6.77. The molecule has 1 heterocycles. The van der Waals surface area contributed by atoms with Crippen LogP contribution in [-0.2, 0) is 6.54 Å². The van der Waals surface area contributed by atoms with Gasteiger partial charge in [-0.05, 0) is 27.0 Å². The molecule has 0 radical (unpaired) electrons. The third kappa shape index (κ3) is 3.87. The summed E-state index contributed by atoms with van der Waals surface area (Å²) in [6.07, 6.45) is 5.98. The van der Waals surface area contributed by atoms with Gasteiger partial charge in [0, 0.05) is 30.6 Å². The average molecular weight is 227 g/mol. The van der Waals surface area contributed by atoms with Gasteiger partial charge in [0.25, 0.3) is 0 Å². The average Bonchev–Trinajstić information content (AvgIpc) is 2.63. The van der Waals surface area contributed by atoms with E-state index in [0.717, 1.165) is 12.3 Å². The van der Waals surface area contributed by atoms with Crippen LogP contribution in [0.4, 0.5) is 0 Å². The molecule has 1 aromatic rings. The smallest absolute Gasteiger partial charge is 0.0951 e. The molecule has 0 aromatic carbocycles. The maximum absolute atomic E-state index is 4.19. The Morgan fingerprint density at radius 1 is 1.47 bits per heavy atom. The second-order valence-electron chi connectivity index (χ2n) is 4.12. The van der Waals surface area contributed by atoms with E-state index in [9.17, 15) is 0 Å². The van der Waals surface area contributed by atoms with Crippen molar-refractivity contribution < 1.29 is 0 Å². The minimum absolute atomic E-state index is 0.486. The molecule has 15 heavy (non-hydrogen) atoms. The van der Waals surface area contributed by atoms with Crippen molar-refractivity contribution in [1.82, 2.24) is 14.9 Å². The van der Waals surface area contributed by atoms with E-state index >= 15 is 0 Å². The Hall–Kier alpha value is -0.480. The normalized spacial score (nSPS) is 13.4. The van der Waals surface area contributed by atoms with E-state index in [1.165, 1.54) is 5.69 Å². The first-order valence-electron chi connectivity index (χ1n) is 5.38. The lowest BCUT2D eigenvalue weighted by Crippen LogP contribution is -2.28. The number of imidazole rings is 1. The fraction of sp³-hybridized carbons (Fsp3) is 0.727. The van der Waals surface area contributed by atoms with Crippen molar-refractivity contribution in [2.45, 2.75) is 39.4 Å². The van der Waals surface area contributed by atoms with Gasteiger partial charge in [0.05, 0.1) is 12.0 Å². The van der Waals surface area contributed by atoms with Gasteiger partial charge in [-0.3, -0.25) is 0 Å². The highest BCUT2D eigenvalue weighted by Gasteiger charge is 2.06. The summed E-state index contributed by atoms with van der Waals surface area (Å²) >= 11 is 1.87. The van der Waals surface area contributed by atoms with Crippen LogP contribution in [-0.4, -0.2) is 27.6 Å². The van der Waals surface area contributed by atoms with Gasteiger partial charge in [-0.2, -0.15) is 11.8 Å². The zero-order valence-corrected chi connectivity index (χ0v) is 10.8. The van der Waals surface area contributed by atoms with Crippen LogP contribution in [0.5, 0.6) is 0 Å². The molecule has 3 nitrogen and oxygen atoms in total. The number of hydrogen-bond donors (Lipinski definition) is 1. The molecule has 0 fully saturated rings. The van der Waals surface area contributed by atoms with Gasteiger partial charge < -0.3 is 9.88 Å². The summed E-state index contributed by atoms with van der Waals surface area (Å²) in [5.41, 5.74) is 1.26. The van der Waals surface area contributed by atoms with Gasteiger partial charge in [-0.1, -0.05) is 0 Å². The molecular weight excluding hydrogens is 206 g/mol. The molecule has 1 aromatic heterocycles. The predicted octanol–water partition coefficient (Wildman–Crippen LogP) is 2.31. The quantitative estimate of drug-likeness (QED) is 0.809. The van der Waals surface area contributed by atoms with Gasteiger partial charge in [0.2, 0.25) is 0 Å². The summed E-state index contributed by atoms with van der Waals surface area (Å²) in [7, 11) is 0. The molecular formula is C11H21N3S. The molecule has 0 saturated carbocycles. The van der Waals surface area contributed by atoms with Crippen LogP contribution in [0.2, 0.25) is 0 Å². The standard InChI is InChI=1S/C11H21N3S/c1-9(2)14-8-12-5-11(14)6-13-10(3)7-15-4/h5,8-10,13H,6-7H2,1-4H3. The van der Waals surface area contributed by atoms with Gasteiger partial charge in [0.15, 0.2) is 0 Å². The van der Waals surface area contributed by atoms with Crippen molar-refractivity contribution in [2.75, 3.05) is 12.0 Å². The Bertz CT molecular complexity index is 283. The summed E-state index contributed by atoms with van der Waals surface area (Å²) in [6.45, 7) is 7.47. The second-order valence-corrected chi connectivity index (χ2v) is 5.03. The fourth-order valence-corrected chi connectivity index (χ4v) is 2.14. The van der Waals surface area contributed by atoms with Crippen molar-refractivity contribution in [3.8, 4) is 0 Å². The van der Waals surface area contributed by atoms with Crippen molar-refractivity contribution in [3.63, 3.8) is 0 Å². The van der Waals surface area contributed by atoms with Crippen LogP contribution < -0.4 is 5.32 Å². The summed E-state index contributed by atoms with van der Waals surface area (Å²) in [4.78, 5) is 4.19. The molecule has 1 rings (SSSR count). The molecule has 0 aliphatic rings. The third-order valence-corrected chi connectivity index (χ3v) is 3.18.